The Morgan fingerprint density at radius 3 is 2.64 bits per heavy atom. The minimum atomic E-state index is -0.282. The number of carbonyl (C=O) groups is 1. The molecule has 5 nitrogen and oxygen atoms in total. The maximum Gasteiger partial charge on any atom is 0.251 e. The zero-order valence-corrected chi connectivity index (χ0v) is 15.7. The largest absolute Gasteiger partial charge is 0.355 e. The predicted molar refractivity (Wildman–Crippen MR) is 106 cm³/mol. The Morgan fingerprint density at radius 2 is 1.89 bits per heavy atom. The van der Waals surface area contributed by atoms with E-state index < -0.39 is 0 Å². The summed E-state index contributed by atoms with van der Waals surface area (Å²) in [4.78, 5) is 23.1. The third-order valence-electron chi connectivity index (χ3n) is 5.85. The average molecular weight is 397 g/mol. The van der Waals surface area contributed by atoms with E-state index in [0.29, 0.717) is 34.9 Å². The van der Waals surface area contributed by atoms with Crippen molar-refractivity contribution in [2.24, 2.45) is 17.8 Å². The van der Waals surface area contributed by atoms with Gasteiger partial charge in [0.05, 0.1) is 5.52 Å². The number of aromatic nitrogens is 2. The SMILES string of the molecule is O=C(NCC1[C@H]2CN(c3ncnc4ccc(F)cc34)C[C@@H]12)c1ccc(Cl)cc1. The van der Waals surface area contributed by atoms with Gasteiger partial charge in [-0.05, 0) is 60.2 Å². The first-order chi connectivity index (χ1) is 13.6. The van der Waals surface area contributed by atoms with Gasteiger partial charge >= 0.3 is 0 Å². The Bertz CT molecular complexity index is 1050. The van der Waals surface area contributed by atoms with Gasteiger partial charge in [-0.3, -0.25) is 4.79 Å². The highest BCUT2D eigenvalue weighted by Gasteiger charge is 2.55. The molecule has 1 saturated carbocycles. The molecule has 1 aliphatic heterocycles. The summed E-state index contributed by atoms with van der Waals surface area (Å²) in [5, 5.41) is 4.39. The van der Waals surface area contributed by atoms with Gasteiger partial charge in [-0.1, -0.05) is 11.6 Å². The lowest BCUT2D eigenvalue weighted by Gasteiger charge is -2.22. The van der Waals surface area contributed by atoms with Crippen LogP contribution in [0.4, 0.5) is 10.2 Å². The number of carbonyl (C=O) groups excluding carboxylic acids is 1. The minimum absolute atomic E-state index is 0.0734. The van der Waals surface area contributed by atoms with Crippen LogP contribution in [0.5, 0.6) is 0 Å². The van der Waals surface area contributed by atoms with Gasteiger partial charge in [-0.25, -0.2) is 14.4 Å². The average Bonchev–Trinajstić information content (AvgIpc) is 3.15. The molecule has 7 heteroatoms. The molecule has 5 rings (SSSR count). The number of fused-ring (bicyclic) bond motifs is 2. The lowest BCUT2D eigenvalue weighted by atomic mass is 10.2. The van der Waals surface area contributed by atoms with Gasteiger partial charge in [-0.15, -0.1) is 0 Å². The van der Waals surface area contributed by atoms with Gasteiger partial charge in [0.15, 0.2) is 0 Å². The van der Waals surface area contributed by atoms with Crippen LogP contribution in [-0.2, 0) is 0 Å². The number of halogens is 2. The standard InChI is InChI=1S/C21H18ClFN4O/c22-13-3-1-12(2-4-13)21(28)24-8-16-17-9-27(10-18(16)17)20-15-7-14(23)5-6-19(15)25-11-26-20/h1-7,11,16-18H,8-10H2,(H,24,28)/t16?,17-,18+. The lowest BCUT2D eigenvalue weighted by Crippen LogP contribution is -2.31. The molecule has 142 valence electrons. The van der Waals surface area contributed by atoms with Crippen LogP contribution in [0.3, 0.4) is 0 Å². The van der Waals surface area contributed by atoms with Crippen molar-refractivity contribution in [3.63, 3.8) is 0 Å². The fourth-order valence-electron chi connectivity index (χ4n) is 4.31. The quantitative estimate of drug-likeness (QED) is 0.733. The van der Waals surface area contributed by atoms with Crippen molar-refractivity contribution in [2.45, 2.75) is 0 Å². The first-order valence-electron chi connectivity index (χ1n) is 9.29. The van der Waals surface area contributed by atoms with Crippen LogP contribution >= 0.6 is 11.6 Å². The molecule has 2 aromatic carbocycles. The van der Waals surface area contributed by atoms with Gasteiger partial charge in [0, 0.05) is 35.6 Å². The van der Waals surface area contributed by atoms with Gasteiger partial charge in [-0.2, -0.15) is 0 Å². The van der Waals surface area contributed by atoms with Gasteiger partial charge in [0.2, 0.25) is 0 Å². The van der Waals surface area contributed by atoms with Crippen molar-refractivity contribution in [1.29, 1.82) is 0 Å². The molecule has 1 aromatic heterocycles. The maximum absolute atomic E-state index is 13.7. The number of nitrogens with zero attached hydrogens (tertiary/aromatic N) is 3. The number of hydrogen-bond acceptors (Lipinski definition) is 4. The molecule has 2 aliphatic rings. The van der Waals surface area contributed by atoms with Crippen LogP contribution in [0.1, 0.15) is 10.4 Å². The minimum Gasteiger partial charge on any atom is -0.355 e. The number of nitrogens with one attached hydrogen (secondary N) is 1. The summed E-state index contributed by atoms with van der Waals surface area (Å²) in [7, 11) is 0. The van der Waals surface area contributed by atoms with Crippen LogP contribution in [0.25, 0.3) is 10.9 Å². The van der Waals surface area contributed by atoms with Crippen molar-refractivity contribution in [2.75, 3.05) is 24.5 Å². The zero-order chi connectivity index (χ0) is 19.3. The molecule has 1 amide bonds. The van der Waals surface area contributed by atoms with E-state index in [2.05, 4.69) is 20.2 Å². The molecule has 1 unspecified atom stereocenters. The highest BCUT2D eigenvalue weighted by atomic mass is 35.5. The van der Waals surface area contributed by atoms with Crippen LogP contribution < -0.4 is 10.2 Å². The van der Waals surface area contributed by atoms with E-state index in [1.807, 2.05) is 0 Å². The van der Waals surface area contributed by atoms with E-state index in [1.54, 1.807) is 30.3 Å². The molecule has 0 bridgehead atoms. The fraction of sp³-hybridized carbons (Fsp3) is 0.286. The Balaban J connectivity index is 1.21. The topological polar surface area (TPSA) is 58.1 Å². The predicted octanol–water partition coefficient (Wildman–Crippen LogP) is 3.53. The molecular formula is C21H18ClFN4O. The normalized spacial score (nSPS) is 22.9. The Morgan fingerprint density at radius 1 is 1.14 bits per heavy atom. The highest BCUT2D eigenvalue weighted by molar-refractivity contribution is 6.30. The third kappa shape index (κ3) is 3.07. The monoisotopic (exact) mass is 396 g/mol. The lowest BCUT2D eigenvalue weighted by molar-refractivity contribution is 0.0950. The molecular weight excluding hydrogens is 379 g/mol. The van der Waals surface area contributed by atoms with E-state index in [9.17, 15) is 9.18 Å². The number of benzene rings is 2. The summed E-state index contributed by atoms with van der Waals surface area (Å²) in [6, 6.07) is 11.5. The first kappa shape index (κ1) is 17.4. The molecule has 2 heterocycles. The molecule has 1 N–H and O–H groups in total. The van der Waals surface area contributed by atoms with E-state index in [0.717, 1.165) is 29.8 Å². The second kappa shape index (κ2) is 6.71. The molecule has 0 spiro atoms. The molecule has 1 aliphatic carbocycles. The molecule has 28 heavy (non-hydrogen) atoms. The molecule has 3 atom stereocenters. The number of rotatable bonds is 4. The second-order valence-corrected chi connectivity index (χ2v) is 7.91. The van der Waals surface area contributed by atoms with Crippen molar-refractivity contribution in [3.8, 4) is 0 Å². The number of amides is 1. The Hall–Kier alpha value is -2.73. The smallest absolute Gasteiger partial charge is 0.251 e. The van der Waals surface area contributed by atoms with E-state index in [-0.39, 0.29) is 11.7 Å². The number of anilines is 1. The Labute approximate surface area is 166 Å². The fourth-order valence-corrected chi connectivity index (χ4v) is 4.43. The van der Waals surface area contributed by atoms with E-state index in [4.69, 9.17) is 11.6 Å². The van der Waals surface area contributed by atoms with Crippen LogP contribution in [-0.4, -0.2) is 35.5 Å². The zero-order valence-electron chi connectivity index (χ0n) is 15.0. The van der Waals surface area contributed by atoms with Crippen LogP contribution in [0, 0.1) is 23.6 Å². The van der Waals surface area contributed by atoms with Crippen molar-refractivity contribution >= 4 is 34.2 Å². The second-order valence-electron chi connectivity index (χ2n) is 7.47. The number of piperidine rings is 1. The van der Waals surface area contributed by atoms with Crippen molar-refractivity contribution in [3.05, 3.63) is 65.2 Å². The molecule has 1 saturated heterocycles. The molecule has 2 fully saturated rings. The van der Waals surface area contributed by atoms with Gasteiger partial charge < -0.3 is 10.2 Å². The van der Waals surface area contributed by atoms with E-state index >= 15 is 0 Å². The van der Waals surface area contributed by atoms with Crippen LogP contribution in [0.2, 0.25) is 5.02 Å². The maximum atomic E-state index is 13.7. The van der Waals surface area contributed by atoms with Crippen molar-refractivity contribution < 1.29 is 9.18 Å². The summed E-state index contributed by atoms with van der Waals surface area (Å²) in [5.41, 5.74) is 1.37. The summed E-state index contributed by atoms with van der Waals surface area (Å²) < 4.78 is 13.7. The highest BCUT2D eigenvalue weighted by Crippen LogP contribution is 2.52. The van der Waals surface area contributed by atoms with Gasteiger partial charge in [0.25, 0.3) is 5.91 Å². The summed E-state index contributed by atoms with van der Waals surface area (Å²) in [6.45, 7) is 2.41. The summed E-state index contributed by atoms with van der Waals surface area (Å²) in [5.74, 6) is 1.98. The van der Waals surface area contributed by atoms with E-state index in [1.165, 1.54) is 18.5 Å². The van der Waals surface area contributed by atoms with Crippen LogP contribution in [0.15, 0.2) is 48.8 Å². The first-order valence-corrected chi connectivity index (χ1v) is 9.67. The molecule has 3 aromatic rings. The van der Waals surface area contributed by atoms with Gasteiger partial charge in [0.1, 0.15) is 18.0 Å². The molecule has 0 radical (unpaired) electrons. The third-order valence-corrected chi connectivity index (χ3v) is 6.10. The summed E-state index contributed by atoms with van der Waals surface area (Å²) >= 11 is 5.86. The summed E-state index contributed by atoms with van der Waals surface area (Å²) in [6.07, 6.45) is 1.53. The Kier molecular flexibility index (Phi) is 4.16. The number of hydrogen-bond donors (Lipinski definition) is 1. The van der Waals surface area contributed by atoms with Crippen molar-refractivity contribution in [1.82, 2.24) is 15.3 Å².